The van der Waals surface area contributed by atoms with Crippen LogP contribution in [0.25, 0.3) is 88.0 Å². The molecule has 0 saturated heterocycles. The van der Waals surface area contributed by atoms with E-state index in [9.17, 15) is 0 Å². The number of nitrogens with zero attached hydrogens (tertiary/aromatic N) is 2. The molecule has 0 N–H and O–H groups in total. The highest BCUT2D eigenvalue weighted by molar-refractivity contribution is 6.20. The Morgan fingerprint density at radius 1 is 0.400 bits per heavy atom. The first kappa shape index (κ1) is 21.6. The van der Waals surface area contributed by atoms with E-state index in [1.54, 1.807) is 0 Å². The first-order valence-corrected chi connectivity index (χ1v) is 13.7. The summed E-state index contributed by atoms with van der Waals surface area (Å²) in [5, 5.41) is 7.43. The lowest BCUT2D eigenvalue weighted by Crippen LogP contribution is -1.89. The molecule has 0 saturated carbocycles. The van der Waals surface area contributed by atoms with Crippen LogP contribution in [0.5, 0.6) is 0 Å². The molecule has 0 bridgehead atoms. The normalized spacial score (nSPS) is 12.0. The number of hydrogen-bond acceptors (Lipinski definition) is 2. The lowest BCUT2D eigenvalue weighted by molar-refractivity contribution is 1.37. The minimum absolute atomic E-state index is 0.944. The maximum absolute atomic E-state index is 5.04. The molecular weight excluding hydrogens is 484 g/mol. The molecular formula is C38H22N2. The van der Waals surface area contributed by atoms with Crippen LogP contribution in [0.3, 0.4) is 0 Å². The van der Waals surface area contributed by atoms with Crippen molar-refractivity contribution in [2.45, 2.75) is 0 Å². The fourth-order valence-corrected chi connectivity index (χ4v) is 6.50. The highest BCUT2D eigenvalue weighted by Gasteiger charge is 2.23. The Hall–Kier alpha value is -5.34. The van der Waals surface area contributed by atoms with Gasteiger partial charge in [-0.1, -0.05) is 103 Å². The van der Waals surface area contributed by atoms with Crippen LogP contribution >= 0.6 is 0 Å². The lowest BCUT2D eigenvalue weighted by Gasteiger charge is -2.11. The molecule has 2 heterocycles. The van der Waals surface area contributed by atoms with Crippen molar-refractivity contribution < 1.29 is 0 Å². The zero-order chi connectivity index (χ0) is 26.2. The predicted octanol–water partition coefficient (Wildman–Crippen LogP) is 10.1. The van der Waals surface area contributed by atoms with Gasteiger partial charge >= 0.3 is 0 Å². The van der Waals surface area contributed by atoms with E-state index in [2.05, 4.69) is 126 Å². The maximum atomic E-state index is 5.04. The Kier molecular flexibility index (Phi) is 4.36. The molecule has 0 atom stereocenters. The van der Waals surface area contributed by atoms with Gasteiger partial charge in [0.05, 0.1) is 16.7 Å². The number of aromatic nitrogens is 2. The first-order chi connectivity index (χ1) is 19.8. The van der Waals surface area contributed by atoms with Gasteiger partial charge < -0.3 is 0 Å². The van der Waals surface area contributed by atoms with Gasteiger partial charge in [0.2, 0.25) is 0 Å². The van der Waals surface area contributed by atoms with Crippen molar-refractivity contribution in [2.75, 3.05) is 0 Å². The third-order valence-corrected chi connectivity index (χ3v) is 8.43. The standard InChI is InChI=1S/C38H22N2/c1-2-6-28-22-34-32-18-17-29(30-8-3-9-31(36(30)32)33(34)21-27(28)5-1)23-10-12-24(13-11-23)35-19-16-26-15-14-25-7-4-20-39-37(25)38(26)40-35/h1-22H. The van der Waals surface area contributed by atoms with Crippen LogP contribution < -0.4 is 0 Å². The van der Waals surface area contributed by atoms with Gasteiger partial charge in [-0.2, -0.15) is 0 Å². The van der Waals surface area contributed by atoms with Gasteiger partial charge in [0.15, 0.2) is 0 Å². The minimum atomic E-state index is 0.944. The smallest absolute Gasteiger partial charge is 0.0972 e. The Labute approximate surface area is 231 Å². The van der Waals surface area contributed by atoms with Crippen molar-refractivity contribution in [3.05, 3.63) is 134 Å². The number of rotatable bonds is 2. The molecule has 8 aromatic rings. The summed E-state index contributed by atoms with van der Waals surface area (Å²) in [7, 11) is 0. The molecule has 0 fully saturated rings. The SMILES string of the molecule is c1ccc2cc3c(cc2c1)-c1cccc2c(-c4ccc(-c5ccc6ccc7cccnc7c6n5)cc4)ccc-3c12. The van der Waals surface area contributed by atoms with E-state index < -0.39 is 0 Å². The van der Waals surface area contributed by atoms with Crippen molar-refractivity contribution in [1.82, 2.24) is 9.97 Å². The van der Waals surface area contributed by atoms with Crippen LogP contribution in [0.15, 0.2) is 134 Å². The molecule has 0 spiro atoms. The molecule has 0 aliphatic heterocycles. The second-order valence-electron chi connectivity index (χ2n) is 10.6. The fraction of sp³-hybridized carbons (Fsp3) is 0. The molecule has 0 radical (unpaired) electrons. The summed E-state index contributed by atoms with van der Waals surface area (Å²) in [5.74, 6) is 0. The average Bonchev–Trinajstić information content (AvgIpc) is 3.34. The van der Waals surface area contributed by atoms with Gasteiger partial charge in [0.1, 0.15) is 0 Å². The Balaban J connectivity index is 1.16. The predicted molar refractivity (Wildman–Crippen MR) is 167 cm³/mol. The van der Waals surface area contributed by atoms with Crippen molar-refractivity contribution >= 4 is 43.4 Å². The summed E-state index contributed by atoms with van der Waals surface area (Å²) in [5.41, 5.74) is 11.7. The number of fused-ring (bicyclic) bond motifs is 7. The topological polar surface area (TPSA) is 25.8 Å². The van der Waals surface area contributed by atoms with E-state index in [1.807, 2.05) is 12.3 Å². The maximum Gasteiger partial charge on any atom is 0.0972 e. The van der Waals surface area contributed by atoms with Crippen molar-refractivity contribution in [1.29, 1.82) is 0 Å². The fourth-order valence-electron chi connectivity index (χ4n) is 6.50. The molecule has 2 nitrogen and oxygen atoms in total. The summed E-state index contributed by atoms with van der Waals surface area (Å²) in [4.78, 5) is 9.66. The van der Waals surface area contributed by atoms with Crippen LogP contribution in [0.2, 0.25) is 0 Å². The van der Waals surface area contributed by atoms with E-state index in [0.29, 0.717) is 0 Å². The molecule has 9 rings (SSSR count). The summed E-state index contributed by atoms with van der Waals surface area (Å²) in [6.45, 7) is 0. The van der Waals surface area contributed by atoms with E-state index >= 15 is 0 Å². The van der Waals surface area contributed by atoms with E-state index in [-0.39, 0.29) is 0 Å². The molecule has 0 amide bonds. The molecule has 2 aromatic heterocycles. The quantitative estimate of drug-likeness (QED) is 0.218. The molecule has 184 valence electrons. The zero-order valence-corrected chi connectivity index (χ0v) is 21.6. The Bertz CT molecular complexity index is 2260. The number of pyridine rings is 2. The Morgan fingerprint density at radius 3 is 1.85 bits per heavy atom. The highest BCUT2D eigenvalue weighted by atomic mass is 14.7. The lowest BCUT2D eigenvalue weighted by atomic mass is 9.93. The van der Waals surface area contributed by atoms with Crippen LogP contribution in [-0.2, 0) is 0 Å². The number of hydrogen-bond donors (Lipinski definition) is 0. The van der Waals surface area contributed by atoms with Gasteiger partial charge in [0.25, 0.3) is 0 Å². The zero-order valence-electron chi connectivity index (χ0n) is 21.6. The second-order valence-corrected chi connectivity index (χ2v) is 10.6. The minimum Gasteiger partial charge on any atom is -0.254 e. The van der Waals surface area contributed by atoms with Crippen LogP contribution in [0.1, 0.15) is 0 Å². The van der Waals surface area contributed by atoms with E-state index in [4.69, 9.17) is 4.98 Å². The van der Waals surface area contributed by atoms with Crippen LogP contribution in [0, 0.1) is 0 Å². The molecule has 1 aliphatic rings. The summed E-state index contributed by atoms with van der Waals surface area (Å²) >= 11 is 0. The van der Waals surface area contributed by atoms with Crippen molar-refractivity contribution in [2.24, 2.45) is 0 Å². The molecule has 0 unspecified atom stereocenters. The molecule has 2 heteroatoms. The molecule has 6 aromatic carbocycles. The van der Waals surface area contributed by atoms with Gasteiger partial charge in [-0.3, -0.25) is 4.98 Å². The summed E-state index contributed by atoms with van der Waals surface area (Å²) in [6, 6.07) is 46.0. The molecule has 1 aliphatic carbocycles. The van der Waals surface area contributed by atoms with Crippen molar-refractivity contribution in [3.8, 4) is 44.6 Å². The summed E-state index contributed by atoms with van der Waals surface area (Å²) in [6.07, 6.45) is 1.84. The highest BCUT2D eigenvalue weighted by Crippen LogP contribution is 2.50. The van der Waals surface area contributed by atoms with Gasteiger partial charge in [0, 0.05) is 22.5 Å². The van der Waals surface area contributed by atoms with Gasteiger partial charge in [-0.15, -0.1) is 0 Å². The van der Waals surface area contributed by atoms with Gasteiger partial charge in [-0.05, 0) is 79.2 Å². The second kappa shape index (κ2) is 8.08. The third-order valence-electron chi connectivity index (χ3n) is 8.43. The average molecular weight is 507 g/mol. The van der Waals surface area contributed by atoms with E-state index in [1.165, 1.54) is 54.9 Å². The Morgan fingerprint density at radius 2 is 1.05 bits per heavy atom. The first-order valence-electron chi connectivity index (χ1n) is 13.7. The summed E-state index contributed by atoms with van der Waals surface area (Å²) < 4.78 is 0. The van der Waals surface area contributed by atoms with Crippen LogP contribution in [0.4, 0.5) is 0 Å². The van der Waals surface area contributed by atoms with Gasteiger partial charge in [-0.25, -0.2) is 4.98 Å². The third kappa shape index (κ3) is 3.05. The van der Waals surface area contributed by atoms with E-state index in [0.717, 1.165) is 33.1 Å². The number of benzene rings is 6. The van der Waals surface area contributed by atoms with Crippen LogP contribution in [-0.4, -0.2) is 9.97 Å². The molecule has 40 heavy (non-hydrogen) atoms. The van der Waals surface area contributed by atoms with Crippen molar-refractivity contribution in [3.63, 3.8) is 0 Å². The monoisotopic (exact) mass is 506 g/mol. The largest absolute Gasteiger partial charge is 0.254 e.